The molecular formula is C29H34ClNO4. The number of nitrogens with zero attached hydrogens (tertiary/aromatic N) is 1. The number of hydrogen-bond acceptors (Lipinski definition) is 5. The van der Waals surface area contributed by atoms with Gasteiger partial charge in [0.15, 0.2) is 23.4 Å². The molecular weight excluding hydrogens is 462 g/mol. The number of hydrogen-bond donors (Lipinski definition) is 1. The van der Waals surface area contributed by atoms with Gasteiger partial charge in [-0.05, 0) is 74.6 Å². The summed E-state index contributed by atoms with van der Waals surface area (Å²) in [5, 5.41) is 10.7. The fourth-order valence-electron chi connectivity index (χ4n) is 7.71. The van der Waals surface area contributed by atoms with Crippen LogP contribution in [0.25, 0.3) is 0 Å². The zero-order valence-corrected chi connectivity index (χ0v) is 20.9. The number of Topliss-reactive ketones (excluding diaryl/α,β-unsaturated/α-hetero) is 1. The van der Waals surface area contributed by atoms with E-state index in [-0.39, 0.29) is 30.0 Å². The van der Waals surface area contributed by atoms with Crippen molar-refractivity contribution >= 4 is 18.2 Å². The van der Waals surface area contributed by atoms with Crippen molar-refractivity contribution in [3.05, 3.63) is 59.2 Å². The lowest BCUT2D eigenvalue weighted by Crippen LogP contribution is -2.77. The number of carbonyl (C=O) groups excluding carboxylic acids is 1. The van der Waals surface area contributed by atoms with Crippen LogP contribution in [0.1, 0.15) is 55.2 Å². The van der Waals surface area contributed by atoms with E-state index < -0.39 is 17.1 Å². The van der Waals surface area contributed by atoms with E-state index in [1.807, 2.05) is 0 Å². The number of piperidine rings is 1. The minimum Gasteiger partial charge on any atom is -0.504 e. The second-order valence-electron chi connectivity index (χ2n) is 11.1. The van der Waals surface area contributed by atoms with Gasteiger partial charge < -0.3 is 14.6 Å². The number of phenolic OH excluding ortho intramolecular Hbond substituents is 1. The number of rotatable bonds is 7. The summed E-state index contributed by atoms with van der Waals surface area (Å²) in [6.07, 6.45) is 7.06. The maximum atomic E-state index is 13.3. The van der Waals surface area contributed by atoms with Gasteiger partial charge in [0, 0.05) is 31.2 Å². The Kier molecular flexibility index (Phi) is 5.66. The molecule has 6 heteroatoms. The number of phenols is 1. The number of aryl methyl sites for hydroxylation is 1. The van der Waals surface area contributed by atoms with Gasteiger partial charge >= 0.3 is 0 Å². The highest BCUT2D eigenvalue weighted by atomic mass is 35.5. The first kappa shape index (κ1) is 23.3. The van der Waals surface area contributed by atoms with Crippen LogP contribution in [0.5, 0.6) is 11.5 Å². The van der Waals surface area contributed by atoms with Crippen molar-refractivity contribution in [2.45, 2.75) is 74.5 Å². The number of halogens is 1. The van der Waals surface area contributed by atoms with E-state index in [1.54, 1.807) is 6.07 Å². The van der Waals surface area contributed by atoms with Crippen molar-refractivity contribution < 1.29 is 19.4 Å². The zero-order valence-electron chi connectivity index (χ0n) is 20.1. The predicted molar refractivity (Wildman–Crippen MR) is 136 cm³/mol. The minimum absolute atomic E-state index is 0. The fourth-order valence-corrected chi connectivity index (χ4v) is 7.71. The number of carbonyl (C=O) groups is 1. The summed E-state index contributed by atoms with van der Waals surface area (Å²) >= 11 is 0. The van der Waals surface area contributed by atoms with Gasteiger partial charge in [-0.2, -0.15) is 0 Å². The first-order valence-electron chi connectivity index (χ1n) is 13.1. The molecule has 35 heavy (non-hydrogen) atoms. The average molecular weight is 496 g/mol. The van der Waals surface area contributed by atoms with Crippen LogP contribution >= 0.6 is 12.4 Å². The van der Waals surface area contributed by atoms with E-state index in [4.69, 9.17) is 9.47 Å². The van der Waals surface area contributed by atoms with Crippen molar-refractivity contribution in [2.24, 2.45) is 5.92 Å². The van der Waals surface area contributed by atoms with Crippen LogP contribution in [0, 0.1) is 5.92 Å². The third kappa shape index (κ3) is 3.31. The molecule has 2 aromatic carbocycles. The Morgan fingerprint density at radius 1 is 1.11 bits per heavy atom. The zero-order chi connectivity index (χ0) is 22.9. The molecule has 1 saturated heterocycles. The standard InChI is InChI=1S/C29H33NO4.ClH/c31-22-11-10-21-17-24-29(33-16-4-7-19-5-2-1-3-6-19)13-12-23(32)27-28(29,25(21)26(22)34-27)14-15-30(24)18-20-8-9-20;/h1-3,5-6,10-11,20,24,27,31H,4,7-9,12-18H2;1H/t24-,27+,28+,29-;/m1./s1. The number of benzene rings is 2. The molecule has 2 aromatic rings. The number of likely N-dealkylation sites (tertiary alicyclic amines) is 1. The SMILES string of the molecule is Cl.O=C1CC[C@@]2(OCCCc3ccccc3)[C@H]3Cc4ccc(O)c5c4[C@@]2(CCN3CC2CC2)[C@H]1O5. The molecule has 2 saturated carbocycles. The first-order valence-corrected chi connectivity index (χ1v) is 13.1. The number of ketones is 1. The normalized spacial score (nSPS) is 32.5. The predicted octanol–water partition coefficient (Wildman–Crippen LogP) is 4.60. The fraction of sp³-hybridized carbons (Fsp3) is 0.552. The van der Waals surface area contributed by atoms with Crippen LogP contribution in [0.3, 0.4) is 0 Å². The van der Waals surface area contributed by atoms with Crippen LogP contribution in [-0.4, -0.2) is 53.2 Å². The first-order chi connectivity index (χ1) is 16.6. The van der Waals surface area contributed by atoms with Crippen LogP contribution in [-0.2, 0) is 27.8 Å². The average Bonchev–Trinajstić information content (AvgIpc) is 3.59. The highest BCUT2D eigenvalue weighted by Gasteiger charge is 2.74. The molecule has 3 aliphatic carbocycles. The molecule has 0 unspecified atom stereocenters. The van der Waals surface area contributed by atoms with E-state index in [0.29, 0.717) is 18.8 Å². The second-order valence-corrected chi connectivity index (χ2v) is 11.1. The van der Waals surface area contributed by atoms with E-state index >= 15 is 0 Å². The minimum atomic E-state index is -0.539. The van der Waals surface area contributed by atoms with E-state index in [9.17, 15) is 9.90 Å². The molecule has 0 radical (unpaired) electrons. The second kappa shape index (κ2) is 8.50. The maximum absolute atomic E-state index is 13.3. The van der Waals surface area contributed by atoms with Gasteiger partial charge in [0.2, 0.25) is 0 Å². The molecule has 1 spiro atoms. The monoisotopic (exact) mass is 495 g/mol. The maximum Gasteiger partial charge on any atom is 0.174 e. The van der Waals surface area contributed by atoms with Crippen LogP contribution in [0.4, 0.5) is 0 Å². The summed E-state index contributed by atoms with van der Waals surface area (Å²) in [5.41, 5.74) is 2.72. The Balaban J connectivity index is 0.00000229. The van der Waals surface area contributed by atoms with Gasteiger partial charge in [0.25, 0.3) is 0 Å². The van der Waals surface area contributed by atoms with Crippen molar-refractivity contribution in [3.8, 4) is 11.5 Å². The third-order valence-corrected chi connectivity index (χ3v) is 9.33. The van der Waals surface area contributed by atoms with Gasteiger partial charge in [-0.25, -0.2) is 0 Å². The molecule has 2 aliphatic heterocycles. The van der Waals surface area contributed by atoms with Gasteiger partial charge in [-0.3, -0.25) is 9.69 Å². The number of ether oxygens (including phenoxy) is 2. The van der Waals surface area contributed by atoms with Crippen molar-refractivity contribution in [2.75, 3.05) is 19.7 Å². The van der Waals surface area contributed by atoms with Crippen LogP contribution in [0.15, 0.2) is 42.5 Å². The molecule has 2 heterocycles. The smallest absolute Gasteiger partial charge is 0.174 e. The lowest BCUT2D eigenvalue weighted by atomic mass is 9.48. The molecule has 0 amide bonds. The highest BCUT2D eigenvalue weighted by Crippen LogP contribution is 2.66. The molecule has 2 bridgehead atoms. The molecule has 4 atom stereocenters. The summed E-state index contributed by atoms with van der Waals surface area (Å²) in [4.78, 5) is 16.0. The molecule has 3 fully saturated rings. The molecule has 7 rings (SSSR count). The molecule has 0 aromatic heterocycles. The topological polar surface area (TPSA) is 59.0 Å². The van der Waals surface area contributed by atoms with E-state index in [2.05, 4.69) is 41.3 Å². The summed E-state index contributed by atoms with van der Waals surface area (Å²) in [5.74, 6) is 1.68. The summed E-state index contributed by atoms with van der Waals surface area (Å²) < 4.78 is 13.4. The van der Waals surface area contributed by atoms with E-state index in [1.165, 1.54) is 24.0 Å². The molecule has 5 nitrogen and oxygen atoms in total. The Hall–Kier alpha value is -2.08. The Labute approximate surface area is 213 Å². The Bertz CT molecular complexity index is 1140. The lowest BCUT2D eigenvalue weighted by Gasteiger charge is -2.64. The van der Waals surface area contributed by atoms with Crippen LogP contribution < -0.4 is 4.74 Å². The molecule has 5 aliphatic rings. The van der Waals surface area contributed by atoms with Crippen LogP contribution in [0.2, 0.25) is 0 Å². The van der Waals surface area contributed by atoms with Gasteiger partial charge in [-0.15, -0.1) is 12.4 Å². The van der Waals surface area contributed by atoms with Crippen molar-refractivity contribution in [1.82, 2.24) is 4.90 Å². The van der Waals surface area contributed by atoms with E-state index in [0.717, 1.165) is 56.7 Å². The summed E-state index contributed by atoms with van der Waals surface area (Å²) in [6.45, 7) is 2.78. The van der Waals surface area contributed by atoms with Gasteiger partial charge in [0.1, 0.15) is 0 Å². The summed E-state index contributed by atoms with van der Waals surface area (Å²) in [6, 6.07) is 14.7. The van der Waals surface area contributed by atoms with Crippen molar-refractivity contribution in [3.63, 3.8) is 0 Å². The van der Waals surface area contributed by atoms with Crippen molar-refractivity contribution in [1.29, 1.82) is 0 Å². The largest absolute Gasteiger partial charge is 0.504 e. The van der Waals surface area contributed by atoms with Gasteiger partial charge in [0.05, 0.1) is 11.0 Å². The molecule has 1 N–H and O–H groups in total. The quantitative estimate of drug-likeness (QED) is 0.569. The Morgan fingerprint density at radius 3 is 2.74 bits per heavy atom. The summed E-state index contributed by atoms with van der Waals surface area (Å²) in [7, 11) is 0. The lowest BCUT2D eigenvalue weighted by molar-refractivity contribution is -0.213. The van der Waals surface area contributed by atoms with Gasteiger partial charge in [-0.1, -0.05) is 36.4 Å². The molecule has 186 valence electrons. The third-order valence-electron chi connectivity index (χ3n) is 9.33. The Morgan fingerprint density at radius 2 is 1.94 bits per heavy atom. The number of aromatic hydroxyl groups is 1. The highest BCUT2D eigenvalue weighted by molar-refractivity contribution is 5.90.